The monoisotopic (exact) mass is 1880 g/mol. The first kappa shape index (κ1) is 95.5. The molecule has 0 spiro atoms. The first-order valence-corrected chi connectivity index (χ1v) is 53.8. The second-order valence-electron chi connectivity index (χ2n) is 30.3. The molecular weight excluding hydrogens is 1780 g/mol. The van der Waals surface area contributed by atoms with Crippen LogP contribution < -0.4 is 10.5 Å². The van der Waals surface area contributed by atoms with E-state index in [-0.39, 0.29) is 32.3 Å². The van der Waals surface area contributed by atoms with Crippen molar-refractivity contribution in [2.24, 2.45) is 0 Å². The summed E-state index contributed by atoms with van der Waals surface area (Å²) in [5, 5.41) is 4.46. The van der Waals surface area contributed by atoms with E-state index in [2.05, 4.69) is 149 Å². The van der Waals surface area contributed by atoms with Gasteiger partial charge in [-0.05, 0) is 207 Å². The van der Waals surface area contributed by atoms with Crippen molar-refractivity contribution in [3.8, 4) is 0 Å². The van der Waals surface area contributed by atoms with Crippen LogP contribution in [0.2, 0.25) is 0 Å². The highest BCUT2D eigenvalue weighted by atomic mass is 35.7. The molecule has 0 aliphatic heterocycles. The Labute approximate surface area is 745 Å². The van der Waals surface area contributed by atoms with Gasteiger partial charge >= 0.3 is 9.33 Å². The highest BCUT2D eigenvalue weighted by molar-refractivity contribution is 8.13. The van der Waals surface area contributed by atoms with Crippen LogP contribution in [0.1, 0.15) is 111 Å². The Hall–Kier alpha value is -7.71. The number of nitrogen functional groups attached to an aromatic ring is 1. The van der Waals surface area contributed by atoms with Crippen molar-refractivity contribution >= 4 is 148 Å². The number of nitrogens with two attached hydrogens (primary N) is 1. The minimum atomic E-state index is -4.19. The number of halogens is 3. The molecule has 2 aromatic heterocycles. The number of nitrogens with one attached hydrogen (secondary N) is 1. The third kappa shape index (κ3) is 30.3. The highest BCUT2D eigenvalue weighted by Crippen LogP contribution is 2.36. The summed E-state index contributed by atoms with van der Waals surface area (Å²) in [5.41, 5.74) is 27.9. The van der Waals surface area contributed by atoms with E-state index < -0.39 is 68.4 Å². The second-order valence-corrected chi connectivity index (χ2v) is 47.5. The van der Waals surface area contributed by atoms with Crippen LogP contribution >= 0.6 is 80.0 Å². The third-order valence-electron chi connectivity index (χ3n) is 20.8. The average molecular weight is 1880 g/mol. The number of aromatic nitrogens is 2. The molecule has 0 saturated heterocycles. The van der Waals surface area contributed by atoms with Crippen molar-refractivity contribution in [3.05, 3.63) is 365 Å². The number of hydrogen-bond donors (Lipinski definition) is 4. The van der Waals surface area contributed by atoms with Crippen LogP contribution in [0.5, 0.6) is 0 Å². The molecule has 121 heavy (non-hydrogen) atoms. The van der Waals surface area contributed by atoms with Gasteiger partial charge in [-0.1, -0.05) is 234 Å². The quantitative estimate of drug-likeness (QED) is 0.0285. The lowest BCUT2D eigenvalue weighted by atomic mass is 10.1. The van der Waals surface area contributed by atoms with Crippen molar-refractivity contribution in [3.63, 3.8) is 0 Å². The molecule has 0 bridgehead atoms. The van der Waals surface area contributed by atoms with E-state index >= 15 is 0 Å². The Morgan fingerprint density at radius 1 is 0.405 bits per heavy atom. The number of hydrogen-bond acceptors (Lipinski definition) is 19. The molecule has 17 rings (SSSR count). The minimum absolute atomic E-state index is 0.00734. The van der Waals surface area contributed by atoms with Gasteiger partial charge in [0.1, 0.15) is 0 Å². The molecule has 10 aromatic carbocycles. The van der Waals surface area contributed by atoms with E-state index in [1.165, 1.54) is 104 Å². The SMILES string of the molecule is Cc1ccc(CCl)cc1.Cc1ccc(CS(=O)(=O)C2Cc3ccc(S(=O)(=O)Cl)cc3C2)cc1.Cc1ccc(CS(=O)(=O)C2Cc3ccc(S(=O)(=O)Nc4nccs4)cc3C2)cc1.Cc1ccc(CS(=O)(=O)C2Cc3ccccc3C2)cc1.Cc1ccc(CSC2Cc3ccccc3C2)cc1.Nc1nccs1.O=S(=O)(O)Cl.SC1Cc2ccccc2C1. The highest BCUT2D eigenvalue weighted by Gasteiger charge is 2.36. The summed E-state index contributed by atoms with van der Waals surface area (Å²) in [5.74, 6) is 1.88. The van der Waals surface area contributed by atoms with Gasteiger partial charge in [0.25, 0.3) is 19.1 Å². The van der Waals surface area contributed by atoms with Gasteiger partial charge in [0.05, 0.1) is 42.8 Å². The molecule has 2 unspecified atom stereocenters. The van der Waals surface area contributed by atoms with E-state index in [0.717, 1.165) is 79.5 Å². The molecule has 17 nitrogen and oxygen atoms in total. The Balaban J connectivity index is 0.000000153. The molecule has 0 radical (unpaired) electrons. The summed E-state index contributed by atoms with van der Waals surface area (Å²) in [7, 11) is -12.1. The Morgan fingerprint density at radius 3 is 1.03 bits per heavy atom. The number of thioether (sulfide) groups is 1. The number of thiol groups is 1. The number of rotatable bonds is 17. The van der Waals surface area contributed by atoms with Crippen molar-refractivity contribution in [2.75, 3.05) is 10.5 Å². The van der Waals surface area contributed by atoms with Crippen LogP contribution in [-0.2, 0) is 151 Å². The summed E-state index contributed by atoms with van der Waals surface area (Å²) < 4.78 is 152. The zero-order valence-corrected chi connectivity index (χ0v) is 77.8. The smallest absolute Gasteiger partial charge is 0.353 e. The van der Waals surface area contributed by atoms with Gasteiger partial charge < -0.3 is 5.73 Å². The number of nitrogens with zero attached hydrogens (tertiary/aromatic N) is 2. The van der Waals surface area contributed by atoms with Gasteiger partial charge in [-0.15, -0.1) is 34.3 Å². The maximum absolute atomic E-state index is 12.9. The van der Waals surface area contributed by atoms with E-state index in [1.807, 2.05) is 135 Å². The fourth-order valence-electron chi connectivity index (χ4n) is 14.2. The number of benzene rings is 10. The lowest BCUT2D eigenvalue weighted by molar-refractivity contribution is 0.501. The minimum Gasteiger partial charge on any atom is -0.375 e. The van der Waals surface area contributed by atoms with Crippen LogP contribution in [0.3, 0.4) is 0 Å². The molecule has 5 aliphatic carbocycles. The molecule has 0 fully saturated rings. The molecule has 30 heteroatoms. The van der Waals surface area contributed by atoms with E-state index in [1.54, 1.807) is 40.9 Å². The lowest BCUT2D eigenvalue weighted by Crippen LogP contribution is -2.23. The van der Waals surface area contributed by atoms with Crippen LogP contribution in [0, 0.1) is 34.6 Å². The summed E-state index contributed by atoms with van der Waals surface area (Å²) >= 11 is 14.8. The largest absolute Gasteiger partial charge is 0.375 e. The molecule has 2 heterocycles. The third-order valence-corrected chi connectivity index (χ3v) is 33.1. The molecule has 0 amide bonds. The maximum atomic E-state index is 12.9. The molecule has 0 saturated carbocycles. The zero-order chi connectivity index (χ0) is 87.3. The molecule has 5 aliphatic rings. The Bertz CT molecular complexity index is 6080. The summed E-state index contributed by atoms with van der Waals surface area (Å²) in [6, 6.07) is 74.7. The number of thiazole rings is 2. The van der Waals surface area contributed by atoms with Gasteiger partial charge in [0.15, 0.2) is 39.8 Å². The number of anilines is 2. The fraction of sp³-hybridized carbons (Fsp3) is 0.275. The van der Waals surface area contributed by atoms with Crippen molar-refractivity contribution < 1.29 is 55.1 Å². The van der Waals surface area contributed by atoms with E-state index in [0.29, 0.717) is 59.9 Å². The summed E-state index contributed by atoms with van der Waals surface area (Å²) in [6.45, 7) is 10.1. The molecule has 12 aromatic rings. The standard InChI is InChI=1S/C20H20N2O4S3.C17H17ClO4S2.C17H18O2S.C17H18S.C9H10S.C8H9Cl.C3H4N2S.ClHO3S/c1-14-2-4-15(5-3-14)13-28(23,24)19-10-16-6-7-18(11-17(16)12-19)29(25,26)22-20-21-8-9-27-20;1-12-2-4-13(5-3-12)11-23(19,20)17-8-14-6-7-16(24(18,21)22)9-15(14)10-17;1-13-6-8-14(9-7-13)12-20(18,19)17-10-15-4-2-3-5-16(15)11-17;1-13-6-8-14(9-7-13)12-18-17-10-15-4-2-3-5-16(15)11-17;10-9-5-7-3-1-2-4-8(7)6-9;1-7-2-4-8(6-9)5-3-7;4-3-5-1-2-6-3;1-5(2,3)4/h2-9,11,19H,10,12-13H2,1H3,(H,21,22);2-7,9,17H,8,10-11H2,1H3;2-9,17H,10-12H2,1H3;2-9,17H,10-12H2,1H3;1-4,9-10H,5-6H2;2-5H,6H2,1H3;1-2H,(H2,4,5);(H,2,3,4). The molecule has 4 N–H and O–H groups in total. The normalized spacial score (nSPS) is 15.2. The average Bonchev–Trinajstić information content (AvgIpc) is 1.64. The predicted molar refractivity (Wildman–Crippen MR) is 502 cm³/mol. The van der Waals surface area contributed by atoms with Crippen LogP contribution in [-0.4, -0.2) is 91.3 Å². The first-order valence-electron chi connectivity index (χ1n) is 38.7. The molecular formula is C91H97Cl3N4O13S10. The zero-order valence-electron chi connectivity index (χ0n) is 67.3. The van der Waals surface area contributed by atoms with Gasteiger partial charge in [0.2, 0.25) is 0 Å². The van der Waals surface area contributed by atoms with Crippen molar-refractivity contribution in [1.29, 1.82) is 0 Å². The number of aryl methyl sites for hydroxylation is 5. The van der Waals surface area contributed by atoms with Gasteiger partial charge in [-0.3, -0.25) is 9.27 Å². The first-order chi connectivity index (χ1) is 57.3. The number of sulfonamides is 1. The maximum Gasteiger partial charge on any atom is 0.353 e. The van der Waals surface area contributed by atoms with Crippen LogP contribution in [0.15, 0.2) is 263 Å². The molecule has 2 atom stereocenters. The van der Waals surface area contributed by atoms with E-state index in [9.17, 15) is 42.1 Å². The Kier molecular flexibility index (Phi) is 34.5. The lowest BCUT2D eigenvalue weighted by Gasteiger charge is -2.11. The van der Waals surface area contributed by atoms with Crippen LogP contribution in [0.4, 0.5) is 10.3 Å². The van der Waals surface area contributed by atoms with Gasteiger partial charge in [-0.2, -0.15) is 32.8 Å². The molecule has 640 valence electrons. The fourth-order valence-corrected chi connectivity index (χ4v) is 24.3. The summed E-state index contributed by atoms with van der Waals surface area (Å²) in [4.78, 5) is 7.78. The van der Waals surface area contributed by atoms with Gasteiger partial charge in [0, 0.05) is 66.7 Å². The predicted octanol–water partition coefficient (Wildman–Crippen LogP) is 19.4. The van der Waals surface area contributed by atoms with Crippen LogP contribution in [0.25, 0.3) is 0 Å². The Morgan fingerprint density at radius 2 is 0.711 bits per heavy atom. The second kappa shape index (κ2) is 43.8. The van der Waals surface area contributed by atoms with Crippen molar-refractivity contribution in [2.45, 2.75) is 164 Å². The number of fused-ring (bicyclic) bond motifs is 5. The summed E-state index contributed by atoms with van der Waals surface area (Å²) in [6.07, 6.45) is 10.8. The number of alkyl halides is 1. The van der Waals surface area contributed by atoms with Crippen molar-refractivity contribution in [1.82, 2.24) is 9.97 Å². The van der Waals surface area contributed by atoms with E-state index in [4.69, 9.17) is 41.0 Å². The van der Waals surface area contributed by atoms with Gasteiger partial charge in [-0.25, -0.2) is 52.1 Å². The topological polar surface area (TPSA) is 289 Å². The number of sulfone groups is 3.